The molecule has 1 aromatic heterocycles. The number of benzene rings is 1. The number of nitrogens with one attached hydrogen (secondary N) is 1. The van der Waals surface area contributed by atoms with Gasteiger partial charge < -0.3 is 14.7 Å². The number of carbonyl (C=O) groups excluding carboxylic acids is 1. The molecule has 0 saturated heterocycles. The number of aromatic nitrogens is 2. The van der Waals surface area contributed by atoms with Crippen LogP contribution >= 0.6 is 0 Å². The molecule has 0 bridgehead atoms. The van der Waals surface area contributed by atoms with Crippen molar-refractivity contribution in [3.8, 4) is 11.4 Å². The molecular weight excluding hydrogens is 365 g/mol. The lowest BCUT2D eigenvalue weighted by Gasteiger charge is -2.09. The third-order valence-corrected chi connectivity index (χ3v) is 3.80. The molecule has 1 amide bonds. The Labute approximate surface area is 152 Å². The van der Waals surface area contributed by atoms with Crippen molar-refractivity contribution in [2.24, 2.45) is 11.1 Å². The maximum absolute atomic E-state index is 12.5. The normalized spacial score (nSPS) is 15.7. The van der Waals surface area contributed by atoms with Crippen LogP contribution in [-0.2, 0) is 11.0 Å². The quantitative estimate of drug-likeness (QED) is 0.586. The zero-order valence-corrected chi connectivity index (χ0v) is 14.4. The Bertz CT molecular complexity index is 814. The molecule has 0 aliphatic heterocycles. The third kappa shape index (κ3) is 5.28. The number of halogens is 3. The average Bonchev–Trinajstić information content (AvgIpc) is 3.30. The van der Waals surface area contributed by atoms with E-state index >= 15 is 0 Å². The van der Waals surface area contributed by atoms with Crippen molar-refractivity contribution in [1.29, 1.82) is 0 Å². The maximum Gasteiger partial charge on any atom is 0.471 e. The van der Waals surface area contributed by atoms with Crippen LogP contribution in [0.15, 0.2) is 33.9 Å². The summed E-state index contributed by atoms with van der Waals surface area (Å²) in [6.45, 7) is 2.33. The van der Waals surface area contributed by atoms with Gasteiger partial charge in [-0.1, -0.05) is 22.4 Å². The average molecular weight is 382 g/mol. The van der Waals surface area contributed by atoms with E-state index in [0.717, 1.165) is 0 Å². The number of rotatable bonds is 7. The van der Waals surface area contributed by atoms with E-state index in [0.29, 0.717) is 23.7 Å². The van der Waals surface area contributed by atoms with Gasteiger partial charge in [0.05, 0.1) is 12.3 Å². The van der Waals surface area contributed by atoms with Crippen molar-refractivity contribution in [1.82, 2.24) is 15.5 Å². The molecule has 27 heavy (non-hydrogen) atoms. The van der Waals surface area contributed by atoms with Crippen molar-refractivity contribution in [2.75, 3.05) is 6.61 Å². The molecule has 1 heterocycles. The van der Waals surface area contributed by atoms with E-state index in [-0.39, 0.29) is 17.8 Å². The highest BCUT2D eigenvalue weighted by atomic mass is 19.4. The Hall–Kier alpha value is -2.91. The van der Waals surface area contributed by atoms with E-state index in [1.54, 1.807) is 6.92 Å². The van der Waals surface area contributed by atoms with Gasteiger partial charge in [0.2, 0.25) is 5.82 Å². The Morgan fingerprint density at radius 3 is 2.70 bits per heavy atom. The Kier molecular flexibility index (Phi) is 5.43. The lowest BCUT2D eigenvalue weighted by Crippen LogP contribution is -2.33. The standard InChI is InChI=1S/C17H17F3N4O3/c1-10(8-21-26-9-11-2-3-11)22-15(25)13-6-4-12(5-7-13)14-23-16(27-24-14)17(18,19)20/h4-8,10-11H,2-3,9H2,1H3,(H,22,25). The summed E-state index contributed by atoms with van der Waals surface area (Å²) in [5, 5.41) is 9.83. The minimum atomic E-state index is -4.70. The fraction of sp³-hybridized carbons (Fsp3) is 0.412. The second-order valence-corrected chi connectivity index (χ2v) is 6.25. The minimum absolute atomic E-state index is 0.206. The van der Waals surface area contributed by atoms with E-state index in [4.69, 9.17) is 4.84 Å². The molecule has 3 rings (SSSR count). The predicted octanol–water partition coefficient (Wildman–Crippen LogP) is 3.29. The molecule has 1 fully saturated rings. The molecule has 0 radical (unpaired) electrons. The van der Waals surface area contributed by atoms with Gasteiger partial charge in [-0.15, -0.1) is 0 Å². The fourth-order valence-corrected chi connectivity index (χ4v) is 2.12. The van der Waals surface area contributed by atoms with Crippen molar-refractivity contribution in [3.05, 3.63) is 35.7 Å². The second kappa shape index (κ2) is 7.77. The van der Waals surface area contributed by atoms with Crippen LogP contribution < -0.4 is 5.32 Å². The lowest BCUT2D eigenvalue weighted by atomic mass is 10.1. The summed E-state index contributed by atoms with van der Waals surface area (Å²) in [4.78, 5) is 20.6. The first kappa shape index (κ1) is 18.9. The van der Waals surface area contributed by atoms with Crippen molar-refractivity contribution < 1.29 is 27.3 Å². The monoisotopic (exact) mass is 382 g/mol. The van der Waals surface area contributed by atoms with Crippen LogP contribution in [0, 0.1) is 5.92 Å². The first-order valence-electron chi connectivity index (χ1n) is 8.30. The molecule has 1 saturated carbocycles. The van der Waals surface area contributed by atoms with Crippen LogP contribution in [-0.4, -0.2) is 34.9 Å². The van der Waals surface area contributed by atoms with Gasteiger partial charge in [0.1, 0.15) is 6.61 Å². The Morgan fingerprint density at radius 1 is 1.41 bits per heavy atom. The highest BCUT2D eigenvalue weighted by Gasteiger charge is 2.38. The van der Waals surface area contributed by atoms with E-state index < -0.39 is 12.1 Å². The molecule has 1 aliphatic rings. The summed E-state index contributed by atoms with van der Waals surface area (Å²) in [5.74, 6) is -1.39. The lowest BCUT2D eigenvalue weighted by molar-refractivity contribution is -0.159. The number of hydrogen-bond acceptors (Lipinski definition) is 6. The van der Waals surface area contributed by atoms with Crippen LogP contribution in [0.5, 0.6) is 0 Å². The third-order valence-electron chi connectivity index (χ3n) is 3.80. The molecule has 1 aromatic carbocycles. The largest absolute Gasteiger partial charge is 0.471 e. The highest BCUT2D eigenvalue weighted by Crippen LogP contribution is 2.29. The maximum atomic E-state index is 12.5. The van der Waals surface area contributed by atoms with Gasteiger partial charge in [-0.05, 0) is 37.8 Å². The molecule has 1 aliphatic carbocycles. The number of nitrogens with zero attached hydrogens (tertiary/aromatic N) is 3. The number of oxime groups is 1. The SMILES string of the molecule is CC(C=NOCC1CC1)NC(=O)c1ccc(-c2noc(C(F)(F)F)n2)cc1. The summed E-state index contributed by atoms with van der Waals surface area (Å²) < 4.78 is 41.7. The number of hydrogen-bond donors (Lipinski definition) is 1. The summed E-state index contributed by atoms with van der Waals surface area (Å²) in [6.07, 6.45) is -0.879. The van der Waals surface area contributed by atoms with Crippen molar-refractivity contribution in [2.45, 2.75) is 32.0 Å². The van der Waals surface area contributed by atoms with Crippen molar-refractivity contribution >= 4 is 12.1 Å². The Morgan fingerprint density at radius 2 is 2.11 bits per heavy atom. The molecule has 144 valence electrons. The first-order chi connectivity index (χ1) is 12.8. The molecule has 1 N–H and O–H groups in total. The highest BCUT2D eigenvalue weighted by molar-refractivity contribution is 5.96. The van der Waals surface area contributed by atoms with Crippen LogP contribution in [0.1, 0.15) is 36.0 Å². The first-order valence-corrected chi connectivity index (χ1v) is 8.30. The summed E-state index contributed by atoms with van der Waals surface area (Å²) >= 11 is 0. The minimum Gasteiger partial charge on any atom is -0.396 e. The molecule has 1 atom stereocenters. The molecule has 10 heteroatoms. The van der Waals surface area contributed by atoms with Gasteiger partial charge in [0, 0.05) is 11.1 Å². The van der Waals surface area contributed by atoms with Gasteiger partial charge in [0.15, 0.2) is 0 Å². The smallest absolute Gasteiger partial charge is 0.396 e. The van der Waals surface area contributed by atoms with Crippen LogP contribution in [0.2, 0.25) is 0 Å². The van der Waals surface area contributed by atoms with Gasteiger partial charge in [-0.3, -0.25) is 4.79 Å². The molecule has 2 aromatic rings. The van der Waals surface area contributed by atoms with Crippen molar-refractivity contribution in [3.63, 3.8) is 0 Å². The van der Waals surface area contributed by atoms with E-state index in [1.165, 1.54) is 43.3 Å². The Balaban J connectivity index is 1.55. The van der Waals surface area contributed by atoms with E-state index in [1.807, 2.05) is 0 Å². The topological polar surface area (TPSA) is 89.6 Å². The summed E-state index contributed by atoms with van der Waals surface area (Å²) in [6, 6.07) is 5.46. The number of alkyl halides is 3. The zero-order chi connectivity index (χ0) is 19.4. The molecule has 1 unspecified atom stereocenters. The van der Waals surface area contributed by atoms with Crippen LogP contribution in [0.4, 0.5) is 13.2 Å². The summed E-state index contributed by atoms with van der Waals surface area (Å²) in [5.41, 5.74) is 0.631. The molecule has 7 nitrogen and oxygen atoms in total. The van der Waals surface area contributed by atoms with Gasteiger partial charge in [-0.25, -0.2) is 0 Å². The van der Waals surface area contributed by atoms with Gasteiger partial charge in [-0.2, -0.15) is 18.2 Å². The van der Waals surface area contributed by atoms with Crippen LogP contribution in [0.3, 0.4) is 0 Å². The second-order valence-electron chi connectivity index (χ2n) is 6.25. The van der Waals surface area contributed by atoms with E-state index in [9.17, 15) is 18.0 Å². The summed E-state index contributed by atoms with van der Waals surface area (Å²) in [7, 11) is 0. The zero-order valence-electron chi connectivity index (χ0n) is 14.4. The number of amides is 1. The number of carbonyl (C=O) groups is 1. The van der Waals surface area contributed by atoms with Crippen LogP contribution in [0.25, 0.3) is 11.4 Å². The van der Waals surface area contributed by atoms with Gasteiger partial charge in [0.25, 0.3) is 5.91 Å². The predicted molar refractivity (Wildman–Crippen MR) is 88.8 cm³/mol. The van der Waals surface area contributed by atoms with Gasteiger partial charge >= 0.3 is 12.1 Å². The molecular formula is C17H17F3N4O3. The fourth-order valence-electron chi connectivity index (χ4n) is 2.12. The van der Waals surface area contributed by atoms with E-state index in [2.05, 4.69) is 25.1 Å². The molecule has 0 spiro atoms.